The molecule has 2 aromatic rings. The topological polar surface area (TPSA) is 46.2 Å². The van der Waals surface area contributed by atoms with Gasteiger partial charge in [-0.25, -0.2) is 4.39 Å². The lowest BCUT2D eigenvalue weighted by atomic mass is 9.96. The summed E-state index contributed by atoms with van der Waals surface area (Å²) < 4.78 is 91.2. The van der Waals surface area contributed by atoms with E-state index in [0.29, 0.717) is 0 Å². The Hall–Kier alpha value is -2.59. The number of benzene rings is 2. The van der Waals surface area contributed by atoms with E-state index in [1.54, 1.807) is 5.32 Å². The fraction of sp³-hybridized carbons (Fsp3) is 0.273. The van der Waals surface area contributed by atoms with Crippen LogP contribution < -0.4 is 5.32 Å². The van der Waals surface area contributed by atoms with Gasteiger partial charge in [0.15, 0.2) is 5.78 Å². The Bertz CT molecular complexity index is 1060. The largest absolute Gasteiger partial charge is 0.405 e. The molecule has 1 unspecified atom stereocenters. The molecule has 0 bridgehead atoms. The second-order valence-corrected chi connectivity index (χ2v) is 8.01. The molecule has 1 amide bonds. The van der Waals surface area contributed by atoms with Crippen LogP contribution in [0.2, 0.25) is 10.0 Å². The second-order valence-electron chi connectivity index (χ2n) is 7.14. The van der Waals surface area contributed by atoms with Crippen LogP contribution in [-0.2, 0) is 4.79 Å². The van der Waals surface area contributed by atoms with E-state index in [2.05, 4.69) is 0 Å². The van der Waals surface area contributed by atoms with Crippen molar-refractivity contribution in [1.29, 1.82) is 0 Å². The average molecular weight is 530 g/mol. The predicted molar refractivity (Wildman–Crippen MR) is 113 cm³/mol. The number of rotatable bonds is 8. The molecule has 0 spiro atoms. The highest BCUT2D eigenvalue weighted by Gasteiger charge is 2.39. The van der Waals surface area contributed by atoms with Crippen LogP contribution in [0.1, 0.15) is 40.2 Å². The molecule has 12 heteroatoms. The number of allylic oxidation sites excluding steroid dienone is 1. The van der Waals surface area contributed by atoms with Crippen molar-refractivity contribution >= 4 is 41.0 Å². The summed E-state index contributed by atoms with van der Waals surface area (Å²) in [4.78, 5) is 23.5. The summed E-state index contributed by atoms with van der Waals surface area (Å²) in [5, 5.41) is 1.60. The van der Waals surface area contributed by atoms with Gasteiger partial charge < -0.3 is 5.32 Å². The molecule has 0 fully saturated rings. The van der Waals surface area contributed by atoms with E-state index in [4.69, 9.17) is 23.2 Å². The number of carbonyl (C=O) groups excluding carboxylic acids is 2. The third-order valence-corrected chi connectivity index (χ3v) is 4.87. The number of nitrogens with one attached hydrogen (secondary N) is 1. The Kier molecular flexibility index (Phi) is 9.13. The Morgan fingerprint density at radius 3 is 2.09 bits per heavy atom. The first-order valence-electron chi connectivity index (χ1n) is 9.53. The number of carbonyl (C=O) groups is 2. The van der Waals surface area contributed by atoms with E-state index >= 15 is 0 Å². The second kappa shape index (κ2) is 11.2. The summed E-state index contributed by atoms with van der Waals surface area (Å²) >= 11 is 11.6. The summed E-state index contributed by atoms with van der Waals surface area (Å²) in [6, 6.07) is 6.51. The lowest BCUT2D eigenvalue weighted by Crippen LogP contribution is -2.33. The predicted octanol–water partition coefficient (Wildman–Crippen LogP) is 7.13. The number of hydrogen-bond donors (Lipinski definition) is 1. The minimum atomic E-state index is -4.70. The van der Waals surface area contributed by atoms with Crippen molar-refractivity contribution in [2.45, 2.75) is 31.1 Å². The Morgan fingerprint density at radius 2 is 1.56 bits per heavy atom. The van der Waals surface area contributed by atoms with Gasteiger partial charge in [-0.2, -0.15) is 26.3 Å². The van der Waals surface area contributed by atoms with Gasteiger partial charge in [-0.3, -0.25) is 9.59 Å². The number of halogens is 9. The average Bonchev–Trinajstić information content (AvgIpc) is 2.68. The van der Waals surface area contributed by atoms with E-state index in [1.165, 1.54) is 12.1 Å². The summed E-state index contributed by atoms with van der Waals surface area (Å²) in [5.74, 6) is -5.04. The van der Waals surface area contributed by atoms with Gasteiger partial charge in [0, 0.05) is 22.9 Å². The number of amides is 1. The van der Waals surface area contributed by atoms with Crippen molar-refractivity contribution in [1.82, 2.24) is 5.32 Å². The van der Waals surface area contributed by atoms with Crippen LogP contribution in [0, 0.1) is 5.82 Å². The summed E-state index contributed by atoms with van der Waals surface area (Å²) in [7, 11) is 0. The van der Waals surface area contributed by atoms with E-state index in [9.17, 15) is 40.3 Å². The van der Waals surface area contributed by atoms with Crippen LogP contribution in [0.3, 0.4) is 0 Å². The van der Waals surface area contributed by atoms with Crippen molar-refractivity contribution in [2.75, 3.05) is 6.54 Å². The maximum absolute atomic E-state index is 14.4. The molecular weight excluding hydrogens is 514 g/mol. The van der Waals surface area contributed by atoms with Crippen LogP contribution in [0.15, 0.2) is 42.5 Å². The number of Topliss-reactive ketones (excluding diaryl/α,β-unsaturated/α-hetero) is 1. The highest BCUT2D eigenvalue weighted by atomic mass is 35.5. The Labute approximate surface area is 199 Å². The molecule has 184 valence electrons. The van der Waals surface area contributed by atoms with Gasteiger partial charge in [0.05, 0.1) is 11.5 Å². The first kappa shape index (κ1) is 27.7. The Balaban J connectivity index is 2.12. The van der Waals surface area contributed by atoms with Crippen molar-refractivity contribution in [3.63, 3.8) is 0 Å². The van der Waals surface area contributed by atoms with Gasteiger partial charge >= 0.3 is 12.4 Å². The summed E-state index contributed by atoms with van der Waals surface area (Å²) in [5.41, 5.74) is -0.661. The first-order chi connectivity index (χ1) is 15.7. The minimum absolute atomic E-state index is 0.00569. The number of ketones is 1. The molecule has 0 aromatic heterocycles. The van der Waals surface area contributed by atoms with Gasteiger partial charge in [-0.15, -0.1) is 0 Å². The molecule has 2 aromatic carbocycles. The highest BCUT2D eigenvalue weighted by molar-refractivity contribution is 6.34. The van der Waals surface area contributed by atoms with Crippen molar-refractivity contribution in [3.8, 4) is 0 Å². The molecule has 0 saturated heterocycles. The molecule has 1 atom stereocenters. The molecule has 0 aliphatic heterocycles. The van der Waals surface area contributed by atoms with E-state index < -0.39 is 60.7 Å². The third-order valence-electron chi connectivity index (χ3n) is 4.44. The summed E-state index contributed by atoms with van der Waals surface area (Å²) in [6.07, 6.45) is -8.67. The molecule has 34 heavy (non-hydrogen) atoms. The molecule has 0 saturated carbocycles. The van der Waals surface area contributed by atoms with Gasteiger partial charge in [0.25, 0.3) is 0 Å². The molecule has 0 heterocycles. The van der Waals surface area contributed by atoms with E-state index in [0.717, 1.165) is 36.4 Å². The lowest BCUT2D eigenvalue weighted by molar-refractivity contribution is -0.139. The minimum Gasteiger partial charge on any atom is -0.347 e. The first-order valence-corrected chi connectivity index (χ1v) is 10.3. The lowest BCUT2D eigenvalue weighted by Gasteiger charge is -2.18. The molecular formula is C22H16Cl2F7NO2. The smallest absolute Gasteiger partial charge is 0.347 e. The van der Waals surface area contributed by atoms with Gasteiger partial charge in [-0.05, 0) is 41.5 Å². The van der Waals surface area contributed by atoms with Gasteiger partial charge in [0.2, 0.25) is 5.91 Å². The highest BCUT2D eigenvalue weighted by Crippen LogP contribution is 2.38. The fourth-order valence-electron chi connectivity index (χ4n) is 2.88. The molecule has 3 nitrogen and oxygen atoms in total. The molecule has 2 rings (SSSR count). The van der Waals surface area contributed by atoms with Crippen molar-refractivity contribution < 1.29 is 40.3 Å². The number of hydrogen-bond acceptors (Lipinski definition) is 2. The number of alkyl halides is 6. The van der Waals surface area contributed by atoms with Crippen LogP contribution in [0.25, 0.3) is 6.08 Å². The summed E-state index contributed by atoms with van der Waals surface area (Å²) in [6.45, 7) is -1.56. The molecule has 1 N–H and O–H groups in total. The fourth-order valence-corrected chi connectivity index (χ4v) is 3.42. The van der Waals surface area contributed by atoms with E-state index in [-0.39, 0.29) is 21.2 Å². The van der Waals surface area contributed by atoms with Crippen LogP contribution in [0.5, 0.6) is 0 Å². The quantitative estimate of drug-likeness (QED) is 0.292. The van der Waals surface area contributed by atoms with Crippen molar-refractivity contribution in [3.05, 3.63) is 75.0 Å². The Morgan fingerprint density at radius 1 is 0.941 bits per heavy atom. The van der Waals surface area contributed by atoms with Crippen molar-refractivity contribution in [2.24, 2.45) is 0 Å². The zero-order valence-electron chi connectivity index (χ0n) is 17.0. The zero-order valence-corrected chi connectivity index (χ0v) is 18.5. The zero-order chi connectivity index (χ0) is 25.7. The standard InChI is InChI=1S/C22H16Cl2F7NO2/c23-14-8-13(9-15(24)10-14)17(22(29,30)31)4-2-12-1-3-16(18(25)7-12)19(33)5-6-20(34)32-11-21(26,27)28/h1-4,7-10,17H,5-6,11H2,(H,32,34)/b4-2+. The maximum atomic E-state index is 14.4. The van der Waals surface area contributed by atoms with Gasteiger partial charge in [-0.1, -0.05) is 41.4 Å². The molecule has 0 aliphatic rings. The normalized spacial score (nSPS) is 13.2. The SMILES string of the molecule is O=C(CCC(=O)c1ccc(/C=C/C(c2cc(Cl)cc(Cl)c2)C(F)(F)F)cc1F)NCC(F)(F)F. The molecule has 0 radical (unpaired) electrons. The van der Waals surface area contributed by atoms with E-state index in [1.807, 2.05) is 0 Å². The van der Waals surface area contributed by atoms with Gasteiger partial charge in [0.1, 0.15) is 12.4 Å². The van der Waals surface area contributed by atoms with Crippen LogP contribution in [-0.4, -0.2) is 30.6 Å². The molecule has 0 aliphatic carbocycles. The monoisotopic (exact) mass is 529 g/mol. The van der Waals surface area contributed by atoms with Crippen LogP contribution >= 0.6 is 23.2 Å². The maximum Gasteiger partial charge on any atom is 0.405 e. The third kappa shape index (κ3) is 8.64. The van der Waals surface area contributed by atoms with Crippen LogP contribution in [0.4, 0.5) is 30.7 Å².